The molecule has 0 spiro atoms. The van der Waals surface area contributed by atoms with Crippen LogP contribution in [-0.4, -0.2) is 18.3 Å². The molecule has 0 amide bonds. The van der Waals surface area contributed by atoms with Crippen LogP contribution in [0.4, 0.5) is 0 Å². The van der Waals surface area contributed by atoms with Gasteiger partial charge in [0.1, 0.15) is 12.4 Å². The summed E-state index contributed by atoms with van der Waals surface area (Å²) in [5, 5.41) is 8.71. The summed E-state index contributed by atoms with van der Waals surface area (Å²) in [4.78, 5) is 0. The van der Waals surface area contributed by atoms with Crippen LogP contribution in [0.1, 0.15) is 28.2 Å². The molecule has 106 valence electrons. The molecule has 2 aromatic carbocycles. The van der Waals surface area contributed by atoms with E-state index in [9.17, 15) is 0 Å². The van der Waals surface area contributed by atoms with Gasteiger partial charge < -0.3 is 9.84 Å². The number of aryl methyl sites for hydroxylation is 1. The van der Waals surface area contributed by atoms with Crippen LogP contribution >= 0.6 is 0 Å². The van der Waals surface area contributed by atoms with Crippen molar-refractivity contribution in [3.05, 3.63) is 64.7 Å². The maximum atomic E-state index is 8.71. The van der Waals surface area contributed by atoms with Crippen LogP contribution in [0.5, 0.6) is 5.75 Å². The van der Waals surface area contributed by atoms with Gasteiger partial charge >= 0.3 is 0 Å². The van der Waals surface area contributed by atoms with Gasteiger partial charge in [-0.05, 0) is 48.2 Å². The molecule has 21 heavy (non-hydrogen) atoms. The van der Waals surface area contributed by atoms with Crippen molar-refractivity contribution in [3.8, 4) is 17.6 Å². The minimum Gasteiger partial charge on any atom is -0.493 e. The third kappa shape index (κ3) is 2.94. The predicted molar refractivity (Wildman–Crippen MR) is 83.5 cm³/mol. The van der Waals surface area contributed by atoms with E-state index in [1.54, 1.807) is 0 Å². The lowest BCUT2D eigenvalue weighted by Gasteiger charge is -2.30. The van der Waals surface area contributed by atoms with Gasteiger partial charge in [0.2, 0.25) is 0 Å². The van der Waals surface area contributed by atoms with Crippen molar-refractivity contribution in [3.63, 3.8) is 0 Å². The third-order valence-electron chi connectivity index (χ3n) is 3.89. The molecule has 0 radical (unpaired) electrons. The molecule has 2 heteroatoms. The van der Waals surface area contributed by atoms with Gasteiger partial charge in [0.25, 0.3) is 0 Å². The zero-order valence-corrected chi connectivity index (χ0v) is 12.1. The normalized spacial score (nSPS) is 15.4. The molecule has 0 heterocycles. The van der Waals surface area contributed by atoms with E-state index in [1.165, 1.54) is 11.1 Å². The quantitative estimate of drug-likeness (QED) is 0.874. The summed E-state index contributed by atoms with van der Waals surface area (Å²) in [6, 6.07) is 14.4. The Bertz CT molecular complexity index is 707. The molecule has 0 fully saturated rings. The minimum atomic E-state index is -0.113. The van der Waals surface area contributed by atoms with Crippen molar-refractivity contribution in [1.29, 1.82) is 0 Å². The van der Waals surface area contributed by atoms with Crippen LogP contribution in [0.15, 0.2) is 42.5 Å². The SMILES string of the molecule is Cc1cc(C#CCO)ccc1OCC1Cc2ccccc21. The summed E-state index contributed by atoms with van der Waals surface area (Å²) in [7, 11) is 0. The Balaban J connectivity index is 1.64. The molecule has 2 nitrogen and oxygen atoms in total. The van der Waals surface area contributed by atoms with Crippen molar-refractivity contribution in [1.82, 2.24) is 0 Å². The molecule has 0 aromatic heterocycles. The highest BCUT2D eigenvalue weighted by Crippen LogP contribution is 2.35. The van der Waals surface area contributed by atoms with Gasteiger partial charge in [-0.1, -0.05) is 36.1 Å². The van der Waals surface area contributed by atoms with Gasteiger partial charge in [0.05, 0.1) is 6.61 Å². The Morgan fingerprint density at radius 2 is 2.10 bits per heavy atom. The zero-order chi connectivity index (χ0) is 14.7. The second-order valence-corrected chi connectivity index (χ2v) is 5.35. The van der Waals surface area contributed by atoms with E-state index in [2.05, 4.69) is 36.1 Å². The van der Waals surface area contributed by atoms with E-state index in [0.29, 0.717) is 5.92 Å². The highest BCUT2D eigenvalue weighted by atomic mass is 16.5. The van der Waals surface area contributed by atoms with Crippen LogP contribution in [0.3, 0.4) is 0 Å². The summed E-state index contributed by atoms with van der Waals surface area (Å²) >= 11 is 0. The van der Waals surface area contributed by atoms with Gasteiger partial charge in [0.15, 0.2) is 0 Å². The standard InChI is InChI=1S/C19H18O2/c1-14-11-15(5-4-10-20)8-9-19(14)21-13-17-12-16-6-2-3-7-18(16)17/h2-3,6-9,11,17,20H,10,12-13H2,1H3. The molecule has 1 aliphatic rings. The third-order valence-corrected chi connectivity index (χ3v) is 3.89. The van der Waals surface area contributed by atoms with Crippen molar-refractivity contribution in [2.75, 3.05) is 13.2 Å². The largest absolute Gasteiger partial charge is 0.493 e. The van der Waals surface area contributed by atoms with Crippen LogP contribution in [-0.2, 0) is 6.42 Å². The van der Waals surface area contributed by atoms with Crippen LogP contribution in [0.2, 0.25) is 0 Å². The fourth-order valence-corrected chi connectivity index (χ4v) is 2.73. The summed E-state index contributed by atoms with van der Waals surface area (Å²) in [6.07, 6.45) is 1.11. The van der Waals surface area contributed by atoms with Gasteiger partial charge in [0, 0.05) is 11.5 Å². The van der Waals surface area contributed by atoms with Crippen molar-refractivity contribution < 1.29 is 9.84 Å². The molecule has 1 N–H and O–H groups in total. The van der Waals surface area contributed by atoms with E-state index >= 15 is 0 Å². The second-order valence-electron chi connectivity index (χ2n) is 5.35. The van der Waals surface area contributed by atoms with E-state index in [0.717, 1.165) is 29.9 Å². The first-order chi connectivity index (χ1) is 10.3. The average molecular weight is 278 g/mol. The molecule has 0 saturated heterocycles. The number of rotatable bonds is 3. The highest BCUT2D eigenvalue weighted by molar-refractivity contribution is 5.44. The highest BCUT2D eigenvalue weighted by Gasteiger charge is 2.25. The Morgan fingerprint density at radius 1 is 1.24 bits per heavy atom. The van der Waals surface area contributed by atoms with E-state index in [1.807, 2.05) is 25.1 Å². The van der Waals surface area contributed by atoms with E-state index in [-0.39, 0.29) is 6.61 Å². The fraction of sp³-hybridized carbons (Fsp3) is 0.263. The molecule has 1 aliphatic carbocycles. The topological polar surface area (TPSA) is 29.5 Å². The Morgan fingerprint density at radius 3 is 2.86 bits per heavy atom. The first kappa shape index (κ1) is 13.7. The van der Waals surface area contributed by atoms with Crippen molar-refractivity contribution in [2.45, 2.75) is 19.3 Å². The number of benzene rings is 2. The predicted octanol–water partition coefficient (Wildman–Crippen LogP) is 3.06. The molecule has 1 atom stereocenters. The lowest BCUT2D eigenvalue weighted by molar-refractivity contribution is 0.273. The Labute approximate surface area is 125 Å². The van der Waals surface area contributed by atoms with Gasteiger partial charge in [-0.3, -0.25) is 0 Å². The molecule has 0 bridgehead atoms. The summed E-state index contributed by atoms with van der Waals surface area (Å²) < 4.78 is 5.96. The van der Waals surface area contributed by atoms with Crippen LogP contribution < -0.4 is 4.74 Å². The number of ether oxygens (including phenoxy) is 1. The second kappa shape index (κ2) is 6.03. The number of aliphatic hydroxyl groups is 1. The van der Waals surface area contributed by atoms with Gasteiger partial charge in [-0.15, -0.1) is 0 Å². The molecule has 1 unspecified atom stereocenters. The van der Waals surface area contributed by atoms with Gasteiger partial charge in [-0.2, -0.15) is 0 Å². The maximum Gasteiger partial charge on any atom is 0.122 e. The maximum absolute atomic E-state index is 8.71. The molecule has 2 aromatic rings. The average Bonchev–Trinajstić information content (AvgIpc) is 2.48. The smallest absolute Gasteiger partial charge is 0.122 e. The Hall–Kier alpha value is -2.24. The van der Waals surface area contributed by atoms with E-state index < -0.39 is 0 Å². The summed E-state index contributed by atoms with van der Waals surface area (Å²) in [5.74, 6) is 6.98. The Kier molecular flexibility index (Phi) is 3.94. The van der Waals surface area contributed by atoms with Crippen LogP contribution in [0.25, 0.3) is 0 Å². The first-order valence-corrected chi connectivity index (χ1v) is 7.19. The number of hydrogen-bond donors (Lipinski definition) is 1. The number of aliphatic hydroxyl groups excluding tert-OH is 1. The molecule has 0 aliphatic heterocycles. The monoisotopic (exact) mass is 278 g/mol. The number of fused-ring (bicyclic) bond motifs is 1. The molecular formula is C19H18O2. The van der Waals surface area contributed by atoms with Gasteiger partial charge in [-0.25, -0.2) is 0 Å². The lowest BCUT2D eigenvalue weighted by Crippen LogP contribution is -2.23. The fourth-order valence-electron chi connectivity index (χ4n) is 2.73. The molecular weight excluding hydrogens is 260 g/mol. The number of hydrogen-bond acceptors (Lipinski definition) is 2. The zero-order valence-electron chi connectivity index (χ0n) is 12.1. The first-order valence-electron chi connectivity index (χ1n) is 7.19. The minimum absolute atomic E-state index is 0.113. The van der Waals surface area contributed by atoms with Crippen molar-refractivity contribution >= 4 is 0 Å². The van der Waals surface area contributed by atoms with Crippen molar-refractivity contribution in [2.24, 2.45) is 0 Å². The summed E-state index contributed by atoms with van der Waals surface area (Å²) in [5.41, 5.74) is 4.84. The van der Waals surface area contributed by atoms with Crippen LogP contribution in [0, 0.1) is 18.8 Å². The molecule has 3 rings (SSSR count). The summed E-state index contributed by atoms with van der Waals surface area (Å²) in [6.45, 7) is 2.63. The van der Waals surface area contributed by atoms with E-state index in [4.69, 9.17) is 9.84 Å². The molecule has 0 saturated carbocycles. The lowest BCUT2D eigenvalue weighted by atomic mass is 9.78.